The van der Waals surface area contributed by atoms with E-state index in [2.05, 4.69) is 15.0 Å². The molecule has 1 atom stereocenters. The van der Waals surface area contributed by atoms with Crippen molar-refractivity contribution in [2.24, 2.45) is 0 Å². The Morgan fingerprint density at radius 2 is 1.90 bits per heavy atom. The van der Waals surface area contributed by atoms with Crippen molar-refractivity contribution >= 4 is 27.3 Å². The summed E-state index contributed by atoms with van der Waals surface area (Å²) in [5.74, 6) is -0.111. The fourth-order valence-corrected chi connectivity index (χ4v) is 5.48. The lowest BCUT2D eigenvalue weighted by Crippen LogP contribution is -2.35. The van der Waals surface area contributed by atoms with Crippen LogP contribution in [0.4, 0.5) is 0 Å². The van der Waals surface area contributed by atoms with Gasteiger partial charge in [0.15, 0.2) is 0 Å². The van der Waals surface area contributed by atoms with Gasteiger partial charge in [0.05, 0.1) is 9.90 Å². The van der Waals surface area contributed by atoms with E-state index < -0.39 is 10.0 Å². The maximum absolute atomic E-state index is 12.7. The van der Waals surface area contributed by atoms with Gasteiger partial charge in [-0.05, 0) is 55.2 Å². The van der Waals surface area contributed by atoms with E-state index >= 15 is 0 Å². The van der Waals surface area contributed by atoms with Crippen LogP contribution in [-0.4, -0.2) is 31.9 Å². The van der Waals surface area contributed by atoms with Crippen LogP contribution in [0.15, 0.2) is 59.6 Å². The van der Waals surface area contributed by atoms with Crippen LogP contribution in [0.1, 0.15) is 31.4 Å². The highest BCUT2D eigenvalue weighted by molar-refractivity contribution is 7.89. The molecule has 0 radical (unpaired) electrons. The molecule has 1 aliphatic carbocycles. The molecular formula is C22H23N3O3S2. The first-order valence-electron chi connectivity index (χ1n) is 9.79. The first-order chi connectivity index (χ1) is 14.4. The van der Waals surface area contributed by atoms with Crippen LogP contribution in [0.25, 0.3) is 0 Å². The van der Waals surface area contributed by atoms with Crippen LogP contribution in [0.3, 0.4) is 0 Å². The highest BCUT2D eigenvalue weighted by atomic mass is 32.2. The highest BCUT2D eigenvalue weighted by Gasteiger charge is 2.25. The summed E-state index contributed by atoms with van der Waals surface area (Å²) >= 11 is 1.57. The Hall–Kier alpha value is -2.55. The topological polar surface area (TPSA) is 88.2 Å². The lowest BCUT2D eigenvalue weighted by atomic mass is 10.1. The van der Waals surface area contributed by atoms with Gasteiger partial charge in [-0.3, -0.25) is 4.79 Å². The largest absolute Gasteiger partial charge is 0.349 e. The van der Waals surface area contributed by atoms with Crippen LogP contribution in [0.5, 0.6) is 0 Å². The van der Waals surface area contributed by atoms with Crippen molar-refractivity contribution in [1.82, 2.24) is 15.0 Å². The van der Waals surface area contributed by atoms with Gasteiger partial charge in [0.2, 0.25) is 10.0 Å². The van der Waals surface area contributed by atoms with Crippen molar-refractivity contribution in [3.8, 4) is 0 Å². The standard InChI is InChI=1S/C22H23N3O3S2/c1-15-14-23-21(29-15)9-10-24-30(27,28)20-8-7-17-11-19(12-18(17)13-20)25-22(26)16-5-3-2-4-6-16/h2-8,13-14,19,24H,9-12H2,1H3,(H,25,26)/t19-/m1/s1. The van der Waals surface area contributed by atoms with Crippen LogP contribution in [-0.2, 0) is 29.3 Å². The molecule has 8 heteroatoms. The Labute approximate surface area is 180 Å². The van der Waals surface area contributed by atoms with Gasteiger partial charge in [0.25, 0.3) is 5.91 Å². The molecule has 2 N–H and O–H groups in total. The maximum atomic E-state index is 12.7. The Morgan fingerprint density at radius 3 is 2.63 bits per heavy atom. The average molecular weight is 442 g/mol. The predicted octanol–water partition coefficient (Wildman–Crippen LogP) is 2.87. The summed E-state index contributed by atoms with van der Waals surface area (Å²) in [6.45, 7) is 2.29. The fourth-order valence-electron chi connectivity index (χ4n) is 3.61. The number of benzene rings is 2. The van der Waals surface area contributed by atoms with Gasteiger partial charge >= 0.3 is 0 Å². The van der Waals surface area contributed by atoms with E-state index in [-0.39, 0.29) is 16.8 Å². The van der Waals surface area contributed by atoms with E-state index in [1.807, 2.05) is 31.2 Å². The van der Waals surface area contributed by atoms with Gasteiger partial charge in [-0.1, -0.05) is 24.3 Å². The highest BCUT2D eigenvalue weighted by Crippen LogP contribution is 2.25. The number of thiazole rings is 1. The van der Waals surface area contributed by atoms with Crippen molar-refractivity contribution in [2.45, 2.75) is 37.1 Å². The Kier molecular flexibility index (Phi) is 5.99. The minimum absolute atomic E-state index is 0.0354. The molecule has 1 heterocycles. The van der Waals surface area contributed by atoms with Gasteiger partial charge in [0.1, 0.15) is 0 Å². The first-order valence-corrected chi connectivity index (χ1v) is 12.1. The van der Waals surface area contributed by atoms with Crippen molar-refractivity contribution in [3.63, 3.8) is 0 Å². The number of hydrogen-bond acceptors (Lipinski definition) is 5. The molecule has 6 nitrogen and oxygen atoms in total. The van der Waals surface area contributed by atoms with Crippen molar-refractivity contribution in [3.05, 3.63) is 81.3 Å². The Morgan fingerprint density at radius 1 is 1.13 bits per heavy atom. The van der Waals surface area contributed by atoms with Gasteiger partial charge < -0.3 is 5.32 Å². The molecule has 2 aromatic carbocycles. The van der Waals surface area contributed by atoms with E-state index in [9.17, 15) is 13.2 Å². The Bertz CT molecular complexity index is 1160. The zero-order chi connectivity index (χ0) is 21.1. The molecule has 0 spiro atoms. The minimum atomic E-state index is -3.59. The van der Waals surface area contributed by atoms with Crippen LogP contribution >= 0.6 is 11.3 Å². The summed E-state index contributed by atoms with van der Waals surface area (Å²) in [6, 6.07) is 14.3. The van der Waals surface area contributed by atoms with Gasteiger partial charge in [-0.2, -0.15) is 0 Å². The maximum Gasteiger partial charge on any atom is 0.251 e. The van der Waals surface area contributed by atoms with Gasteiger partial charge in [-0.15, -0.1) is 11.3 Å². The number of rotatable bonds is 7. The molecule has 1 amide bonds. The lowest BCUT2D eigenvalue weighted by molar-refractivity contribution is 0.0938. The quantitative estimate of drug-likeness (QED) is 0.590. The molecule has 156 valence electrons. The third-order valence-corrected chi connectivity index (χ3v) is 7.52. The van der Waals surface area contributed by atoms with E-state index in [0.29, 0.717) is 31.4 Å². The third-order valence-electron chi connectivity index (χ3n) is 5.09. The first kappa shape index (κ1) is 20.7. The van der Waals surface area contributed by atoms with Crippen LogP contribution in [0.2, 0.25) is 0 Å². The second-order valence-corrected chi connectivity index (χ2v) is 10.5. The number of nitrogens with one attached hydrogen (secondary N) is 2. The van der Waals surface area contributed by atoms with Gasteiger partial charge in [-0.25, -0.2) is 18.1 Å². The van der Waals surface area contributed by atoms with E-state index in [4.69, 9.17) is 0 Å². The number of amides is 1. The molecule has 0 aliphatic heterocycles. The number of hydrogen-bond donors (Lipinski definition) is 2. The molecular weight excluding hydrogens is 418 g/mol. The molecule has 0 saturated heterocycles. The second-order valence-electron chi connectivity index (χ2n) is 7.39. The molecule has 0 bridgehead atoms. The summed E-state index contributed by atoms with van der Waals surface area (Å²) in [4.78, 5) is 18.0. The molecule has 3 aromatic rings. The minimum Gasteiger partial charge on any atom is -0.349 e. The summed E-state index contributed by atoms with van der Waals surface area (Å²) in [6.07, 6.45) is 3.68. The van der Waals surface area contributed by atoms with Crippen molar-refractivity contribution in [2.75, 3.05) is 6.54 Å². The molecule has 4 rings (SSSR count). The fraction of sp³-hybridized carbons (Fsp3) is 0.273. The summed E-state index contributed by atoms with van der Waals surface area (Å²) in [5.41, 5.74) is 2.66. The van der Waals surface area contributed by atoms with Crippen molar-refractivity contribution in [1.29, 1.82) is 0 Å². The molecule has 0 fully saturated rings. The van der Waals surface area contributed by atoms with E-state index in [1.165, 1.54) is 0 Å². The number of sulfonamides is 1. The average Bonchev–Trinajstić information content (AvgIpc) is 3.33. The zero-order valence-electron chi connectivity index (χ0n) is 16.6. The number of carbonyl (C=O) groups excluding carboxylic acids is 1. The predicted molar refractivity (Wildman–Crippen MR) is 117 cm³/mol. The van der Waals surface area contributed by atoms with Crippen LogP contribution in [0, 0.1) is 6.92 Å². The molecule has 30 heavy (non-hydrogen) atoms. The van der Waals surface area contributed by atoms with Crippen LogP contribution < -0.4 is 10.0 Å². The molecule has 1 aromatic heterocycles. The second kappa shape index (κ2) is 8.67. The monoisotopic (exact) mass is 441 g/mol. The SMILES string of the molecule is Cc1cnc(CCNS(=O)(=O)c2ccc3c(c2)C[C@H](NC(=O)c2ccccc2)C3)s1. The summed E-state index contributed by atoms with van der Waals surface area (Å²) in [5, 5.41) is 3.96. The zero-order valence-corrected chi connectivity index (χ0v) is 18.2. The van der Waals surface area contributed by atoms with Crippen molar-refractivity contribution < 1.29 is 13.2 Å². The summed E-state index contributed by atoms with van der Waals surface area (Å²) in [7, 11) is -3.59. The third kappa shape index (κ3) is 4.77. The number of aromatic nitrogens is 1. The smallest absolute Gasteiger partial charge is 0.251 e. The van der Waals surface area contributed by atoms with Gasteiger partial charge in [0, 0.05) is 35.6 Å². The Balaban J connectivity index is 1.38. The molecule has 0 saturated carbocycles. The molecule has 1 aliphatic rings. The summed E-state index contributed by atoms with van der Waals surface area (Å²) < 4.78 is 28.0. The normalized spacial score (nSPS) is 15.7. The van der Waals surface area contributed by atoms with E-state index in [0.717, 1.165) is 21.0 Å². The molecule has 0 unspecified atom stereocenters. The lowest BCUT2D eigenvalue weighted by Gasteiger charge is -2.11. The number of carbonyl (C=O) groups is 1. The number of nitrogens with zero attached hydrogens (tertiary/aromatic N) is 1. The number of fused-ring (bicyclic) bond motifs is 1. The van der Waals surface area contributed by atoms with E-state index in [1.54, 1.807) is 41.8 Å². The number of aryl methyl sites for hydroxylation is 1.